The third-order valence-corrected chi connectivity index (χ3v) is 5.57. The summed E-state index contributed by atoms with van der Waals surface area (Å²) in [6, 6.07) is 10.3. The Morgan fingerprint density at radius 3 is 2.79 bits per heavy atom. The molecule has 0 amide bonds. The van der Waals surface area contributed by atoms with Gasteiger partial charge in [0.2, 0.25) is 0 Å². The molecule has 172 valence electrons. The van der Waals surface area contributed by atoms with Crippen LogP contribution in [0.5, 0.6) is 5.75 Å². The van der Waals surface area contributed by atoms with Gasteiger partial charge in [-0.1, -0.05) is 12.2 Å². The number of benzene rings is 1. The molecule has 0 radical (unpaired) electrons. The first-order valence-corrected chi connectivity index (χ1v) is 11.2. The number of anilines is 2. The van der Waals surface area contributed by atoms with Crippen molar-refractivity contribution in [2.45, 2.75) is 13.3 Å². The number of H-pyrrole nitrogens is 1. The first-order chi connectivity index (χ1) is 16.5. The van der Waals surface area contributed by atoms with Crippen LogP contribution >= 0.6 is 0 Å². The summed E-state index contributed by atoms with van der Waals surface area (Å²) in [5.74, 6) is 0.735. The van der Waals surface area contributed by atoms with Crippen LogP contribution in [0.2, 0.25) is 0 Å². The summed E-state index contributed by atoms with van der Waals surface area (Å²) in [6.45, 7) is 3.68. The van der Waals surface area contributed by atoms with Gasteiger partial charge in [-0.15, -0.1) is 0 Å². The van der Waals surface area contributed by atoms with E-state index in [1.165, 1.54) is 0 Å². The van der Waals surface area contributed by atoms with Crippen molar-refractivity contribution < 1.29 is 4.74 Å². The maximum atomic E-state index is 9.70. The minimum atomic E-state index is 0.479. The Kier molecular flexibility index (Phi) is 7.21. The molecule has 0 aliphatic heterocycles. The van der Waals surface area contributed by atoms with Gasteiger partial charge in [-0.2, -0.15) is 5.26 Å². The summed E-state index contributed by atoms with van der Waals surface area (Å²) in [5.41, 5.74) is 6.04. The predicted octanol–water partition coefficient (Wildman–Crippen LogP) is 5.38. The van der Waals surface area contributed by atoms with E-state index >= 15 is 0 Å². The lowest BCUT2D eigenvalue weighted by Crippen LogP contribution is -2.15. The number of aromatic amines is 1. The molecular formula is C27H28N6O. The fourth-order valence-electron chi connectivity index (χ4n) is 3.74. The Labute approximate surface area is 199 Å². The Hall–Kier alpha value is -4.15. The number of pyridine rings is 2. The van der Waals surface area contributed by atoms with Gasteiger partial charge in [-0.25, -0.2) is 0 Å². The van der Waals surface area contributed by atoms with Gasteiger partial charge in [-0.3, -0.25) is 9.97 Å². The molecule has 0 aliphatic rings. The quantitative estimate of drug-likeness (QED) is 0.331. The molecule has 0 spiro atoms. The zero-order valence-corrected chi connectivity index (χ0v) is 19.7. The van der Waals surface area contributed by atoms with Crippen molar-refractivity contribution in [2.24, 2.45) is 0 Å². The van der Waals surface area contributed by atoms with Crippen LogP contribution in [0.15, 0.2) is 55.2 Å². The van der Waals surface area contributed by atoms with E-state index in [0.717, 1.165) is 57.7 Å². The molecule has 0 saturated carbocycles. The molecule has 0 aliphatic carbocycles. The number of ether oxygens (including phenoxy) is 1. The second-order valence-corrected chi connectivity index (χ2v) is 8.36. The molecular weight excluding hydrogens is 424 g/mol. The zero-order chi connectivity index (χ0) is 23.9. The molecule has 0 bridgehead atoms. The van der Waals surface area contributed by atoms with Crippen LogP contribution < -0.4 is 10.1 Å². The number of nitriles is 1. The minimum Gasteiger partial charge on any atom is -0.492 e. The Morgan fingerprint density at radius 2 is 1.97 bits per heavy atom. The van der Waals surface area contributed by atoms with Crippen LogP contribution in [0.1, 0.15) is 28.7 Å². The van der Waals surface area contributed by atoms with Gasteiger partial charge in [0.1, 0.15) is 11.8 Å². The number of rotatable bonds is 9. The van der Waals surface area contributed by atoms with Gasteiger partial charge in [0.15, 0.2) is 0 Å². The summed E-state index contributed by atoms with van der Waals surface area (Å²) in [4.78, 5) is 13.9. The van der Waals surface area contributed by atoms with Crippen molar-refractivity contribution in [1.29, 1.82) is 5.26 Å². The third-order valence-electron chi connectivity index (χ3n) is 5.57. The Morgan fingerprint density at radius 1 is 1.12 bits per heavy atom. The average molecular weight is 453 g/mol. The van der Waals surface area contributed by atoms with Gasteiger partial charge < -0.3 is 19.9 Å². The zero-order valence-electron chi connectivity index (χ0n) is 19.7. The van der Waals surface area contributed by atoms with Gasteiger partial charge in [0.05, 0.1) is 24.1 Å². The molecule has 0 unspecified atom stereocenters. The highest BCUT2D eigenvalue weighted by atomic mass is 16.5. The SMILES string of the molecule is Cc1c(Nc2c(C#N)cncc2/C=C/c2cncc(OCCCN(C)C)c2)ccc2[nH]ccc12. The van der Waals surface area contributed by atoms with Crippen LogP contribution in [0.3, 0.4) is 0 Å². The highest BCUT2D eigenvalue weighted by Crippen LogP contribution is 2.31. The van der Waals surface area contributed by atoms with E-state index in [-0.39, 0.29) is 0 Å². The van der Waals surface area contributed by atoms with Crippen LogP contribution in [0, 0.1) is 18.3 Å². The molecule has 4 rings (SSSR count). The van der Waals surface area contributed by atoms with Crippen molar-refractivity contribution >= 4 is 34.4 Å². The standard InChI is InChI=1S/C27H28N6O/c1-19-24-9-10-31-26(24)8-7-25(19)32-27-21(16-30-17-22(27)14-28)6-5-20-13-23(18-29-15-20)34-12-4-11-33(2)3/h5-10,13,15-18,31H,4,11-12H2,1-3H3,(H,30,32)/b6-5+. The highest BCUT2D eigenvalue weighted by Gasteiger charge is 2.11. The van der Waals surface area contributed by atoms with E-state index in [2.05, 4.69) is 44.2 Å². The lowest BCUT2D eigenvalue weighted by atomic mass is 10.1. The van der Waals surface area contributed by atoms with Gasteiger partial charge >= 0.3 is 0 Å². The van der Waals surface area contributed by atoms with Gasteiger partial charge in [-0.05, 0) is 62.8 Å². The number of fused-ring (bicyclic) bond motifs is 1. The van der Waals surface area contributed by atoms with E-state index < -0.39 is 0 Å². The number of hydrogen-bond donors (Lipinski definition) is 2. The van der Waals surface area contributed by atoms with Crippen LogP contribution in [-0.2, 0) is 0 Å². The monoisotopic (exact) mass is 452 g/mol. The van der Waals surface area contributed by atoms with E-state index in [1.54, 1.807) is 24.8 Å². The first kappa shape index (κ1) is 23.0. The predicted molar refractivity (Wildman–Crippen MR) is 137 cm³/mol. The van der Waals surface area contributed by atoms with Gasteiger partial charge in [0.25, 0.3) is 0 Å². The smallest absolute Gasteiger partial charge is 0.138 e. The van der Waals surface area contributed by atoms with E-state index in [4.69, 9.17) is 4.74 Å². The van der Waals surface area contributed by atoms with Crippen molar-refractivity contribution in [3.63, 3.8) is 0 Å². The molecule has 0 fully saturated rings. The molecule has 1 aromatic carbocycles. The van der Waals surface area contributed by atoms with Crippen molar-refractivity contribution in [1.82, 2.24) is 19.9 Å². The fourth-order valence-corrected chi connectivity index (χ4v) is 3.74. The van der Waals surface area contributed by atoms with E-state index in [0.29, 0.717) is 12.2 Å². The molecule has 34 heavy (non-hydrogen) atoms. The summed E-state index contributed by atoms with van der Waals surface area (Å²) in [7, 11) is 4.10. The van der Waals surface area contributed by atoms with Gasteiger partial charge in [0, 0.05) is 53.5 Å². The summed E-state index contributed by atoms with van der Waals surface area (Å²) >= 11 is 0. The maximum absolute atomic E-state index is 9.70. The molecule has 4 aromatic rings. The second-order valence-electron chi connectivity index (χ2n) is 8.36. The Bertz CT molecular complexity index is 1350. The molecule has 3 heterocycles. The van der Waals surface area contributed by atoms with E-state index in [1.807, 2.05) is 50.6 Å². The maximum Gasteiger partial charge on any atom is 0.138 e. The third kappa shape index (κ3) is 5.42. The molecule has 0 saturated heterocycles. The van der Waals surface area contributed by atoms with Crippen LogP contribution in [-0.4, -0.2) is 47.1 Å². The summed E-state index contributed by atoms with van der Waals surface area (Å²) in [5, 5.41) is 14.3. The highest BCUT2D eigenvalue weighted by molar-refractivity contribution is 5.90. The molecule has 7 heteroatoms. The molecule has 7 nitrogen and oxygen atoms in total. The average Bonchev–Trinajstić information content (AvgIpc) is 3.33. The molecule has 2 N–H and O–H groups in total. The van der Waals surface area contributed by atoms with E-state index in [9.17, 15) is 5.26 Å². The van der Waals surface area contributed by atoms with Crippen molar-refractivity contribution in [3.05, 3.63) is 77.5 Å². The van der Waals surface area contributed by atoms with Crippen LogP contribution in [0.4, 0.5) is 11.4 Å². The molecule has 3 aromatic heterocycles. The first-order valence-electron chi connectivity index (χ1n) is 11.2. The summed E-state index contributed by atoms with van der Waals surface area (Å²) in [6.07, 6.45) is 13.6. The van der Waals surface area contributed by atoms with Crippen molar-refractivity contribution in [2.75, 3.05) is 32.6 Å². The topological polar surface area (TPSA) is 89.9 Å². The largest absolute Gasteiger partial charge is 0.492 e. The van der Waals surface area contributed by atoms with Crippen molar-refractivity contribution in [3.8, 4) is 11.8 Å². The fraction of sp³-hybridized carbons (Fsp3) is 0.222. The number of nitrogens with zero attached hydrogens (tertiary/aromatic N) is 4. The van der Waals surface area contributed by atoms with Crippen LogP contribution in [0.25, 0.3) is 23.1 Å². The minimum absolute atomic E-state index is 0.479. The normalized spacial score (nSPS) is 11.3. The number of hydrogen-bond acceptors (Lipinski definition) is 6. The number of nitrogens with one attached hydrogen (secondary N) is 2. The lowest BCUT2D eigenvalue weighted by molar-refractivity contribution is 0.281. The lowest BCUT2D eigenvalue weighted by Gasteiger charge is -2.14. The number of aromatic nitrogens is 3. The second kappa shape index (κ2) is 10.6. The molecule has 0 atom stereocenters. The number of aryl methyl sites for hydroxylation is 1. The summed E-state index contributed by atoms with van der Waals surface area (Å²) < 4.78 is 5.84. The Balaban J connectivity index is 1.56.